The molecule has 24 heavy (non-hydrogen) atoms. The molecule has 0 aromatic heterocycles. The Kier molecular flexibility index (Phi) is 5.14. The van der Waals surface area contributed by atoms with E-state index in [2.05, 4.69) is 35.2 Å². The van der Waals surface area contributed by atoms with Crippen LogP contribution >= 0.6 is 0 Å². The van der Waals surface area contributed by atoms with E-state index in [-0.39, 0.29) is 6.09 Å². The third kappa shape index (κ3) is 4.50. The van der Waals surface area contributed by atoms with Gasteiger partial charge in [-0.1, -0.05) is 30.3 Å². The lowest BCUT2D eigenvalue weighted by atomic mass is 9.92. The molecule has 2 aliphatic heterocycles. The lowest BCUT2D eigenvalue weighted by Crippen LogP contribution is -2.36. The Bertz CT molecular complexity index is 537. The number of ether oxygens (including phenoxy) is 1. The first-order valence-corrected chi connectivity index (χ1v) is 9.15. The number of nitrogens with zero attached hydrogens (tertiary/aromatic N) is 2. The van der Waals surface area contributed by atoms with E-state index < -0.39 is 5.60 Å². The second-order valence-corrected chi connectivity index (χ2v) is 8.24. The van der Waals surface area contributed by atoms with Crippen molar-refractivity contribution in [2.75, 3.05) is 26.2 Å². The van der Waals surface area contributed by atoms with Gasteiger partial charge >= 0.3 is 6.09 Å². The molecule has 3 rings (SSSR count). The first-order valence-electron chi connectivity index (χ1n) is 9.15. The standard InChI is InChI=1S/C20H30N2O2/c1-20(2,3)24-19(23)22-14-17-9-11-21(12-10-18(17)15-22)13-16-7-5-4-6-8-16/h4-8,17-18H,9-15H2,1-3H3. The minimum Gasteiger partial charge on any atom is -0.444 e. The molecule has 2 atom stereocenters. The Hall–Kier alpha value is -1.55. The highest BCUT2D eigenvalue weighted by Crippen LogP contribution is 2.32. The van der Waals surface area contributed by atoms with E-state index in [9.17, 15) is 4.79 Å². The molecule has 4 nitrogen and oxygen atoms in total. The summed E-state index contributed by atoms with van der Waals surface area (Å²) < 4.78 is 5.54. The van der Waals surface area contributed by atoms with E-state index in [1.54, 1.807) is 0 Å². The van der Waals surface area contributed by atoms with Crippen LogP contribution < -0.4 is 0 Å². The monoisotopic (exact) mass is 330 g/mol. The van der Waals surface area contributed by atoms with Gasteiger partial charge in [0.05, 0.1) is 0 Å². The quantitative estimate of drug-likeness (QED) is 0.827. The van der Waals surface area contributed by atoms with E-state index in [0.29, 0.717) is 11.8 Å². The Morgan fingerprint density at radius 3 is 2.21 bits per heavy atom. The van der Waals surface area contributed by atoms with Crippen molar-refractivity contribution in [3.63, 3.8) is 0 Å². The summed E-state index contributed by atoms with van der Waals surface area (Å²) in [4.78, 5) is 16.8. The lowest BCUT2D eigenvalue weighted by Gasteiger charge is -2.25. The lowest BCUT2D eigenvalue weighted by molar-refractivity contribution is 0.0280. The van der Waals surface area contributed by atoms with Gasteiger partial charge in [0.25, 0.3) is 0 Å². The largest absolute Gasteiger partial charge is 0.444 e. The predicted molar refractivity (Wildman–Crippen MR) is 95.7 cm³/mol. The van der Waals surface area contributed by atoms with Crippen molar-refractivity contribution in [2.45, 2.75) is 45.8 Å². The zero-order chi connectivity index (χ0) is 17.2. The molecule has 132 valence electrons. The van der Waals surface area contributed by atoms with Crippen molar-refractivity contribution in [1.29, 1.82) is 0 Å². The van der Waals surface area contributed by atoms with Crippen LogP contribution in [0.25, 0.3) is 0 Å². The highest BCUT2D eigenvalue weighted by Gasteiger charge is 2.38. The fourth-order valence-electron chi connectivity index (χ4n) is 3.88. The smallest absolute Gasteiger partial charge is 0.410 e. The zero-order valence-corrected chi connectivity index (χ0v) is 15.2. The Morgan fingerprint density at radius 1 is 1.08 bits per heavy atom. The van der Waals surface area contributed by atoms with Gasteiger partial charge in [-0.3, -0.25) is 4.90 Å². The summed E-state index contributed by atoms with van der Waals surface area (Å²) in [5.74, 6) is 1.25. The van der Waals surface area contributed by atoms with Gasteiger partial charge in [-0.15, -0.1) is 0 Å². The molecule has 0 radical (unpaired) electrons. The van der Waals surface area contributed by atoms with Gasteiger partial charge in [0.1, 0.15) is 5.60 Å². The molecule has 0 saturated carbocycles. The highest BCUT2D eigenvalue weighted by molar-refractivity contribution is 5.68. The van der Waals surface area contributed by atoms with E-state index in [4.69, 9.17) is 4.74 Å². The normalized spacial score (nSPS) is 25.2. The third-order valence-electron chi connectivity index (χ3n) is 5.11. The Morgan fingerprint density at radius 2 is 1.67 bits per heavy atom. The van der Waals surface area contributed by atoms with Gasteiger partial charge in [0.2, 0.25) is 0 Å². The van der Waals surface area contributed by atoms with Gasteiger partial charge in [0, 0.05) is 19.6 Å². The molecule has 2 unspecified atom stereocenters. The Labute approximate surface area is 145 Å². The average Bonchev–Trinajstić information content (AvgIpc) is 2.84. The second kappa shape index (κ2) is 7.14. The maximum absolute atomic E-state index is 12.3. The molecule has 2 fully saturated rings. The van der Waals surface area contributed by atoms with Crippen LogP contribution in [-0.4, -0.2) is 47.7 Å². The van der Waals surface area contributed by atoms with Gasteiger partial charge in [-0.05, 0) is 64.1 Å². The van der Waals surface area contributed by atoms with Crippen LogP contribution in [0.5, 0.6) is 0 Å². The van der Waals surface area contributed by atoms with Crippen molar-refractivity contribution in [1.82, 2.24) is 9.80 Å². The molecule has 1 amide bonds. The maximum atomic E-state index is 12.3. The van der Waals surface area contributed by atoms with Crippen molar-refractivity contribution in [2.24, 2.45) is 11.8 Å². The number of carbonyl (C=O) groups excluding carboxylic acids is 1. The van der Waals surface area contributed by atoms with Crippen molar-refractivity contribution < 1.29 is 9.53 Å². The van der Waals surface area contributed by atoms with E-state index in [1.165, 1.54) is 18.4 Å². The highest BCUT2D eigenvalue weighted by atomic mass is 16.6. The maximum Gasteiger partial charge on any atom is 0.410 e. The first kappa shape index (κ1) is 17.3. The van der Waals surface area contributed by atoms with Crippen molar-refractivity contribution in [3.8, 4) is 0 Å². The van der Waals surface area contributed by atoms with Crippen LogP contribution in [0.4, 0.5) is 4.79 Å². The topological polar surface area (TPSA) is 32.8 Å². The minimum atomic E-state index is -0.409. The van der Waals surface area contributed by atoms with Gasteiger partial charge < -0.3 is 9.64 Å². The molecule has 4 heteroatoms. The summed E-state index contributed by atoms with van der Waals surface area (Å²) in [5.41, 5.74) is 0.980. The van der Waals surface area contributed by atoms with Crippen LogP contribution in [0.15, 0.2) is 30.3 Å². The zero-order valence-electron chi connectivity index (χ0n) is 15.2. The van der Waals surface area contributed by atoms with Crippen molar-refractivity contribution in [3.05, 3.63) is 35.9 Å². The van der Waals surface area contributed by atoms with Crippen LogP contribution in [0.3, 0.4) is 0 Å². The first-order chi connectivity index (χ1) is 11.4. The van der Waals surface area contributed by atoms with Gasteiger partial charge in [0.15, 0.2) is 0 Å². The molecule has 0 bridgehead atoms. The predicted octanol–water partition coefficient (Wildman–Crippen LogP) is 3.77. The molecular formula is C20H30N2O2. The summed E-state index contributed by atoms with van der Waals surface area (Å²) in [6.07, 6.45) is 2.21. The summed E-state index contributed by atoms with van der Waals surface area (Å²) in [6.45, 7) is 10.8. The van der Waals surface area contributed by atoms with E-state index in [1.807, 2.05) is 25.7 Å². The molecule has 2 aliphatic rings. The number of hydrogen-bond acceptors (Lipinski definition) is 3. The fourth-order valence-corrected chi connectivity index (χ4v) is 3.88. The van der Waals surface area contributed by atoms with Gasteiger partial charge in [-0.25, -0.2) is 4.79 Å². The number of hydrogen-bond donors (Lipinski definition) is 0. The number of benzene rings is 1. The number of carbonyl (C=O) groups is 1. The number of amides is 1. The van der Waals surface area contributed by atoms with Crippen LogP contribution in [0.2, 0.25) is 0 Å². The number of fused-ring (bicyclic) bond motifs is 1. The third-order valence-corrected chi connectivity index (χ3v) is 5.11. The van der Waals surface area contributed by atoms with Crippen LogP contribution in [-0.2, 0) is 11.3 Å². The average molecular weight is 330 g/mol. The summed E-state index contributed by atoms with van der Waals surface area (Å²) in [7, 11) is 0. The molecule has 1 aromatic rings. The molecular weight excluding hydrogens is 300 g/mol. The summed E-state index contributed by atoms with van der Waals surface area (Å²) >= 11 is 0. The molecule has 2 saturated heterocycles. The molecule has 0 N–H and O–H groups in total. The molecule has 0 spiro atoms. The van der Waals surface area contributed by atoms with E-state index >= 15 is 0 Å². The van der Waals surface area contributed by atoms with Crippen molar-refractivity contribution >= 4 is 6.09 Å². The molecule has 2 heterocycles. The Balaban J connectivity index is 1.52. The second-order valence-electron chi connectivity index (χ2n) is 8.24. The van der Waals surface area contributed by atoms with Gasteiger partial charge in [-0.2, -0.15) is 0 Å². The minimum absolute atomic E-state index is 0.142. The molecule has 0 aliphatic carbocycles. The van der Waals surface area contributed by atoms with E-state index in [0.717, 1.165) is 32.7 Å². The van der Waals surface area contributed by atoms with Crippen LogP contribution in [0, 0.1) is 11.8 Å². The summed E-state index contributed by atoms with van der Waals surface area (Å²) in [5, 5.41) is 0. The summed E-state index contributed by atoms with van der Waals surface area (Å²) in [6, 6.07) is 10.7. The molecule has 1 aromatic carbocycles. The SMILES string of the molecule is CC(C)(C)OC(=O)N1CC2CCN(Cc3ccccc3)CCC2C1. The fraction of sp³-hybridized carbons (Fsp3) is 0.650. The number of rotatable bonds is 2. The number of likely N-dealkylation sites (tertiary alicyclic amines) is 2. The van der Waals surface area contributed by atoms with Crippen LogP contribution in [0.1, 0.15) is 39.2 Å².